The monoisotopic (exact) mass is 484 g/mol. The number of carbonyl (C=O) groups excluding carboxylic acids is 3. The molecular formula is C20H28N4O10. The number of nitrogens with zero attached hydrogens (tertiary/aromatic N) is 3. The van der Waals surface area contributed by atoms with E-state index < -0.39 is 85.9 Å². The molecule has 14 heteroatoms. The number of hydrogen-bond donors (Lipinski definition) is 6. The van der Waals surface area contributed by atoms with Crippen molar-refractivity contribution < 1.29 is 49.4 Å². The van der Waals surface area contributed by atoms with Crippen LogP contribution in [0.4, 0.5) is 9.59 Å². The van der Waals surface area contributed by atoms with Gasteiger partial charge in [0.25, 0.3) is 5.91 Å². The van der Waals surface area contributed by atoms with E-state index in [9.17, 15) is 39.9 Å². The van der Waals surface area contributed by atoms with E-state index in [0.29, 0.717) is 5.57 Å². The van der Waals surface area contributed by atoms with E-state index in [1.807, 2.05) is 0 Å². The summed E-state index contributed by atoms with van der Waals surface area (Å²) in [5.41, 5.74) is -1.29. The van der Waals surface area contributed by atoms with Crippen LogP contribution in [0, 0.1) is 0 Å². The molecule has 0 radical (unpaired) electrons. The molecule has 0 spiro atoms. The van der Waals surface area contributed by atoms with Crippen molar-refractivity contribution in [2.75, 3.05) is 13.2 Å². The molecule has 0 saturated carbocycles. The highest BCUT2D eigenvalue weighted by Crippen LogP contribution is 2.50. The van der Waals surface area contributed by atoms with Crippen LogP contribution < -0.4 is 5.32 Å². The van der Waals surface area contributed by atoms with Crippen molar-refractivity contribution >= 4 is 18.0 Å². The lowest BCUT2D eigenvalue weighted by molar-refractivity contribution is -0.164. The molecule has 4 saturated heterocycles. The Kier molecular flexibility index (Phi) is 5.40. The summed E-state index contributed by atoms with van der Waals surface area (Å²) in [6.07, 6.45) is -6.08. The number of imide groups is 1. The van der Waals surface area contributed by atoms with E-state index in [1.165, 1.54) is 16.7 Å². The lowest BCUT2D eigenvalue weighted by atomic mass is 9.80. The fourth-order valence-corrected chi connectivity index (χ4v) is 5.52. The Labute approximate surface area is 193 Å². The maximum Gasteiger partial charge on any atom is 0.330 e. The van der Waals surface area contributed by atoms with E-state index in [4.69, 9.17) is 9.47 Å². The van der Waals surface area contributed by atoms with Crippen LogP contribution in [0.3, 0.4) is 0 Å². The van der Waals surface area contributed by atoms with Gasteiger partial charge in [0.05, 0.1) is 31.1 Å². The Morgan fingerprint density at radius 3 is 2.03 bits per heavy atom. The number of rotatable bonds is 5. The van der Waals surface area contributed by atoms with Gasteiger partial charge in [0.1, 0.15) is 36.9 Å². The van der Waals surface area contributed by atoms with Gasteiger partial charge >= 0.3 is 12.1 Å². The van der Waals surface area contributed by atoms with Crippen LogP contribution in [0.1, 0.15) is 26.7 Å². The second kappa shape index (κ2) is 7.84. The van der Waals surface area contributed by atoms with Gasteiger partial charge in [-0.1, -0.05) is 0 Å². The molecule has 0 bridgehead atoms. The summed E-state index contributed by atoms with van der Waals surface area (Å²) in [6, 6.07) is -2.67. The summed E-state index contributed by atoms with van der Waals surface area (Å²) in [4.78, 5) is 42.3. The van der Waals surface area contributed by atoms with Crippen LogP contribution in [-0.2, 0) is 14.3 Å². The highest BCUT2D eigenvalue weighted by atomic mass is 16.6. The number of fused-ring (bicyclic) bond motifs is 1. The Balaban J connectivity index is 1.46. The molecule has 0 aliphatic carbocycles. The van der Waals surface area contributed by atoms with Crippen molar-refractivity contribution in [3.8, 4) is 0 Å². The summed E-state index contributed by atoms with van der Waals surface area (Å²) in [5.74, 6) is -0.947. The molecule has 5 amide bonds. The third-order valence-corrected chi connectivity index (χ3v) is 7.36. The Morgan fingerprint density at radius 2 is 1.53 bits per heavy atom. The molecule has 5 aliphatic rings. The van der Waals surface area contributed by atoms with Gasteiger partial charge in [-0.3, -0.25) is 24.8 Å². The quantitative estimate of drug-likeness (QED) is 0.233. The number of carbonyl (C=O) groups is 3. The number of aliphatic hydroxyl groups is 5. The van der Waals surface area contributed by atoms with Crippen LogP contribution in [0.2, 0.25) is 0 Å². The first-order valence-corrected chi connectivity index (χ1v) is 11.1. The Hall–Kier alpha value is -2.33. The van der Waals surface area contributed by atoms with Gasteiger partial charge in [-0.15, -0.1) is 0 Å². The van der Waals surface area contributed by atoms with E-state index in [0.717, 1.165) is 4.90 Å². The summed E-state index contributed by atoms with van der Waals surface area (Å²) in [6.45, 7) is 2.03. The molecular weight excluding hydrogens is 456 g/mol. The second-order valence-electron chi connectivity index (χ2n) is 9.45. The smallest absolute Gasteiger partial charge is 0.330 e. The summed E-state index contributed by atoms with van der Waals surface area (Å²) in [5, 5.41) is 52.2. The maximum atomic E-state index is 13.1. The van der Waals surface area contributed by atoms with E-state index in [-0.39, 0.29) is 18.5 Å². The van der Waals surface area contributed by atoms with Gasteiger partial charge in [0.2, 0.25) is 0 Å². The SMILES string of the molecule is CC1=C([C@@H]2N([C@H]3C[C@H](O)[C@@H](CO)O3)C(=O)NC(=O)[C@]2(C)O)N2C(=O)N([C@H]3C[C@H](O)[C@@H](CO)O3)[C@@H]12. The average molecular weight is 484 g/mol. The molecule has 5 heterocycles. The predicted molar refractivity (Wildman–Crippen MR) is 108 cm³/mol. The standard InChI is InChI=1S/C20H28N4O10/c1-7-14(24-16(7)23(19(24)31)13-4-9(28)11(6-26)34-13)15-20(2,32)17(29)21-18(30)22(15)12-3-8(27)10(5-25)33-12/h8-13,15-16,25-28,32H,3-6H2,1-2H3,(H,21,29,30)/t8-,9-,10+,11+,12+,13+,15-,16+,20+/m0/s1. The van der Waals surface area contributed by atoms with Gasteiger partial charge in [-0.2, -0.15) is 0 Å². The highest BCUT2D eigenvalue weighted by Gasteiger charge is 2.66. The van der Waals surface area contributed by atoms with Gasteiger partial charge < -0.3 is 35.0 Å². The summed E-state index contributed by atoms with van der Waals surface area (Å²) >= 11 is 0. The third-order valence-electron chi connectivity index (χ3n) is 7.36. The lowest BCUT2D eigenvalue weighted by Gasteiger charge is -2.63. The molecule has 0 aromatic rings. The first-order valence-electron chi connectivity index (χ1n) is 11.1. The topological polar surface area (TPSA) is 193 Å². The number of hydrogen-bond acceptors (Lipinski definition) is 10. The van der Waals surface area contributed by atoms with Gasteiger partial charge in [0.15, 0.2) is 5.60 Å². The van der Waals surface area contributed by atoms with Crippen molar-refractivity contribution in [3.63, 3.8) is 0 Å². The molecule has 5 aliphatic heterocycles. The summed E-state index contributed by atoms with van der Waals surface area (Å²) < 4.78 is 11.2. The number of amides is 5. The zero-order valence-corrected chi connectivity index (χ0v) is 18.6. The van der Waals surface area contributed by atoms with Crippen LogP contribution in [-0.4, -0.2) is 126 Å². The van der Waals surface area contributed by atoms with Crippen molar-refractivity contribution in [2.24, 2.45) is 0 Å². The van der Waals surface area contributed by atoms with Gasteiger partial charge in [-0.05, 0) is 19.4 Å². The summed E-state index contributed by atoms with van der Waals surface area (Å²) in [7, 11) is 0. The van der Waals surface area contributed by atoms with Crippen LogP contribution >= 0.6 is 0 Å². The largest absolute Gasteiger partial charge is 0.394 e. The second-order valence-corrected chi connectivity index (χ2v) is 9.45. The first-order chi connectivity index (χ1) is 16.0. The molecule has 0 unspecified atom stereocenters. The molecule has 14 nitrogen and oxygen atoms in total. The van der Waals surface area contributed by atoms with Crippen molar-refractivity contribution in [1.82, 2.24) is 20.0 Å². The molecule has 9 atom stereocenters. The number of aliphatic hydroxyl groups excluding tert-OH is 4. The fourth-order valence-electron chi connectivity index (χ4n) is 5.52. The molecule has 34 heavy (non-hydrogen) atoms. The zero-order chi connectivity index (χ0) is 24.7. The maximum absolute atomic E-state index is 13.1. The van der Waals surface area contributed by atoms with E-state index in [2.05, 4.69) is 5.32 Å². The first kappa shape index (κ1) is 23.4. The highest BCUT2D eigenvalue weighted by molar-refractivity contribution is 6.03. The lowest BCUT2D eigenvalue weighted by Crippen LogP contribution is -2.81. The molecule has 4 fully saturated rings. The van der Waals surface area contributed by atoms with Gasteiger partial charge in [0, 0.05) is 12.8 Å². The average Bonchev–Trinajstić information content (AvgIpc) is 3.33. The van der Waals surface area contributed by atoms with E-state index in [1.54, 1.807) is 6.92 Å². The molecule has 0 aromatic heterocycles. The predicted octanol–water partition coefficient (Wildman–Crippen LogP) is -3.05. The van der Waals surface area contributed by atoms with Crippen LogP contribution in [0.15, 0.2) is 11.3 Å². The molecule has 0 aromatic carbocycles. The van der Waals surface area contributed by atoms with Crippen molar-refractivity contribution in [1.29, 1.82) is 0 Å². The van der Waals surface area contributed by atoms with E-state index >= 15 is 0 Å². The van der Waals surface area contributed by atoms with Gasteiger partial charge in [-0.25, -0.2) is 9.59 Å². The Morgan fingerprint density at radius 1 is 1.00 bits per heavy atom. The molecule has 188 valence electrons. The van der Waals surface area contributed by atoms with Crippen molar-refractivity contribution in [2.45, 2.75) is 81.4 Å². The number of ether oxygens (including phenoxy) is 2. The number of nitrogens with one attached hydrogen (secondary N) is 1. The fraction of sp³-hybridized carbons (Fsp3) is 0.750. The minimum atomic E-state index is -2.14. The van der Waals surface area contributed by atoms with Crippen LogP contribution in [0.5, 0.6) is 0 Å². The molecule has 6 N–H and O–H groups in total. The van der Waals surface area contributed by atoms with Crippen molar-refractivity contribution in [3.05, 3.63) is 11.3 Å². The van der Waals surface area contributed by atoms with Crippen LogP contribution in [0.25, 0.3) is 0 Å². The minimum Gasteiger partial charge on any atom is -0.394 e. The zero-order valence-electron chi connectivity index (χ0n) is 18.6. The Bertz CT molecular complexity index is 956. The minimum absolute atomic E-state index is 0.0639. The number of urea groups is 2. The molecule has 5 rings (SSSR count). The third kappa shape index (κ3) is 3.03. The normalized spacial score (nSPS) is 44.3.